The van der Waals surface area contributed by atoms with Gasteiger partial charge in [0, 0.05) is 13.7 Å². The Morgan fingerprint density at radius 2 is 2.00 bits per heavy atom. The second kappa shape index (κ2) is 5.65. The van der Waals surface area contributed by atoms with E-state index < -0.39 is 0 Å². The zero-order valence-electron chi connectivity index (χ0n) is 10.9. The quantitative estimate of drug-likeness (QED) is 0.781. The van der Waals surface area contributed by atoms with E-state index in [9.17, 15) is 0 Å². The van der Waals surface area contributed by atoms with E-state index in [1.165, 1.54) is 24.8 Å². The van der Waals surface area contributed by atoms with E-state index in [1.807, 2.05) is 0 Å². The van der Waals surface area contributed by atoms with E-state index in [1.54, 1.807) is 7.11 Å². The first-order valence-corrected chi connectivity index (χ1v) is 6.57. The van der Waals surface area contributed by atoms with Crippen molar-refractivity contribution in [2.45, 2.75) is 32.2 Å². The topological polar surface area (TPSA) is 21.3 Å². The minimum atomic E-state index is 0.324. The van der Waals surface area contributed by atoms with E-state index in [2.05, 4.69) is 42.6 Å². The van der Waals surface area contributed by atoms with Crippen molar-refractivity contribution in [2.75, 3.05) is 20.3 Å². The van der Waals surface area contributed by atoms with Gasteiger partial charge in [-0.25, -0.2) is 0 Å². The highest BCUT2D eigenvalue weighted by Crippen LogP contribution is 2.48. The molecule has 0 saturated heterocycles. The van der Waals surface area contributed by atoms with Gasteiger partial charge in [0.25, 0.3) is 0 Å². The fourth-order valence-corrected chi connectivity index (χ4v) is 2.30. The Kier molecular flexibility index (Phi) is 4.19. The van der Waals surface area contributed by atoms with Crippen LogP contribution in [-0.2, 0) is 4.74 Å². The van der Waals surface area contributed by atoms with Crippen LogP contribution in [0.15, 0.2) is 30.3 Å². The third-order valence-corrected chi connectivity index (χ3v) is 3.97. The Morgan fingerprint density at radius 1 is 1.29 bits per heavy atom. The number of ether oxygens (including phenoxy) is 1. The molecule has 0 bridgehead atoms. The number of nitrogens with one attached hydrogen (secondary N) is 1. The lowest BCUT2D eigenvalue weighted by molar-refractivity contribution is 0.163. The van der Waals surface area contributed by atoms with Gasteiger partial charge < -0.3 is 10.1 Å². The van der Waals surface area contributed by atoms with Crippen molar-refractivity contribution < 1.29 is 4.74 Å². The Labute approximate surface area is 104 Å². The lowest BCUT2D eigenvalue weighted by Crippen LogP contribution is -2.30. The van der Waals surface area contributed by atoms with Crippen molar-refractivity contribution in [1.29, 1.82) is 0 Å². The van der Waals surface area contributed by atoms with E-state index >= 15 is 0 Å². The molecule has 0 spiro atoms. The van der Waals surface area contributed by atoms with Crippen molar-refractivity contribution >= 4 is 0 Å². The predicted molar refractivity (Wildman–Crippen MR) is 71.0 cm³/mol. The average molecular weight is 233 g/mol. The van der Waals surface area contributed by atoms with Crippen molar-refractivity contribution in [2.24, 2.45) is 5.41 Å². The number of hydrogen-bond acceptors (Lipinski definition) is 2. The molecule has 0 heterocycles. The van der Waals surface area contributed by atoms with Gasteiger partial charge in [-0.1, -0.05) is 37.3 Å². The number of methoxy groups -OCH3 is 1. The Hall–Kier alpha value is -0.860. The second-order valence-corrected chi connectivity index (χ2v) is 5.15. The molecule has 2 rings (SSSR count). The van der Waals surface area contributed by atoms with Gasteiger partial charge in [0.05, 0.1) is 12.6 Å². The minimum Gasteiger partial charge on any atom is -0.383 e. The minimum absolute atomic E-state index is 0.324. The fourth-order valence-electron chi connectivity index (χ4n) is 2.30. The summed E-state index contributed by atoms with van der Waals surface area (Å²) in [6, 6.07) is 10.9. The molecule has 1 fully saturated rings. The normalized spacial score (nSPS) is 18.9. The molecule has 0 amide bonds. The third-order valence-electron chi connectivity index (χ3n) is 3.97. The Morgan fingerprint density at radius 3 is 2.53 bits per heavy atom. The van der Waals surface area contributed by atoms with E-state index in [-0.39, 0.29) is 0 Å². The summed E-state index contributed by atoms with van der Waals surface area (Å²) >= 11 is 0. The van der Waals surface area contributed by atoms with Crippen LogP contribution in [0.5, 0.6) is 0 Å². The first-order valence-electron chi connectivity index (χ1n) is 6.57. The monoisotopic (exact) mass is 233 g/mol. The number of benzene rings is 1. The molecule has 2 heteroatoms. The molecule has 1 aliphatic carbocycles. The van der Waals surface area contributed by atoms with Crippen LogP contribution in [0.3, 0.4) is 0 Å². The molecule has 2 nitrogen and oxygen atoms in total. The maximum Gasteiger partial charge on any atom is 0.0657 e. The van der Waals surface area contributed by atoms with Gasteiger partial charge >= 0.3 is 0 Å². The summed E-state index contributed by atoms with van der Waals surface area (Å²) in [4.78, 5) is 0. The molecule has 0 aromatic heterocycles. The molecule has 1 aromatic rings. The van der Waals surface area contributed by atoms with Crippen LogP contribution in [0, 0.1) is 5.41 Å². The molecule has 94 valence electrons. The molecule has 1 atom stereocenters. The molecule has 1 aromatic carbocycles. The molecule has 17 heavy (non-hydrogen) atoms. The lowest BCUT2D eigenvalue weighted by atomic mass is 10.0. The summed E-state index contributed by atoms with van der Waals surface area (Å²) in [5.74, 6) is 0. The SMILES string of the molecule is CCC1(CNC(COC)c2ccccc2)CC1. The summed E-state index contributed by atoms with van der Waals surface area (Å²) in [6.07, 6.45) is 4.05. The molecule has 1 saturated carbocycles. The van der Waals surface area contributed by atoms with Crippen molar-refractivity contribution in [1.82, 2.24) is 5.32 Å². The summed E-state index contributed by atoms with van der Waals surface area (Å²) in [6.45, 7) is 4.15. The highest BCUT2D eigenvalue weighted by Gasteiger charge is 2.40. The highest BCUT2D eigenvalue weighted by atomic mass is 16.5. The number of hydrogen-bond donors (Lipinski definition) is 1. The van der Waals surface area contributed by atoms with Crippen molar-refractivity contribution in [3.63, 3.8) is 0 Å². The van der Waals surface area contributed by atoms with Crippen LogP contribution in [0.1, 0.15) is 37.8 Å². The van der Waals surface area contributed by atoms with E-state index in [4.69, 9.17) is 4.74 Å². The second-order valence-electron chi connectivity index (χ2n) is 5.15. The van der Waals surface area contributed by atoms with Crippen molar-refractivity contribution in [3.05, 3.63) is 35.9 Å². The third kappa shape index (κ3) is 3.30. The summed E-state index contributed by atoms with van der Waals surface area (Å²) in [5, 5.41) is 3.67. The smallest absolute Gasteiger partial charge is 0.0657 e. The number of rotatable bonds is 7. The zero-order valence-corrected chi connectivity index (χ0v) is 10.9. The Bertz CT molecular complexity index is 332. The van der Waals surface area contributed by atoms with Crippen LogP contribution >= 0.6 is 0 Å². The maximum absolute atomic E-state index is 5.32. The van der Waals surface area contributed by atoms with Crippen LogP contribution in [0.25, 0.3) is 0 Å². The van der Waals surface area contributed by atoms with E-state index in [0.29, 0.717) is 11.5 Å². The van der Waals surface area contributed by atoms with E-state index in [0.717, 1.165) is 13.2 Å². The summed E-state index contributed by atoms with van der Waals surface area (Å²) in [7, 11) is 1.77. The van der Waals surface area contributed by atoms with Crippen LogP contribution < -0.4 is 5.32 Å². The first-order chi connectivity index (χ1) is 8.29. The molecule has 0 radical (unpaired) electrons. The molecular formula is C15H23NO. The van der Waals surface area contributed by atoms with Gasteiger partial charge in [0.15, 0.2) is 0 Å². The average Bonchev–Trinajstić information content (AvgIpc) is 3.16. The summed E-state index contributed by atoms with van der Waals surface area (Å²) in [5.41, 5.74) is 1.90. The van der Waals surface area contributed by atoms with Crippen molar-refractivity contribution in [3.8, 4) is 0 Å². The van der Waals surface area contributed by atoms with Gasteiger partial charge in [0.1, 0.15) is 0 Å². The lowest BCUT2D eigenvalue weighted by Gasteiger charge is -2.22. The Balaban J connectivity index is 1.93. The summed E-state index contributed by atoms with van der Waals surface area (Å²) < 4.78 is 5.32. The van der Waals surface area contributed by atoms with Crippen LogP contribution in [-0.4, -0.2) is 20.3 Å². The predicted octanol–water partition coefficient (Wildman–Crippen LogP) is 3.15. The maximum atomic E-state index is 5.32. The molecule has 1 unspecified atom stereocenters. The molecule has 1 aliphatic rings. The first kappa shape index (κ1) is 12.6. The fraction of sp³-hybridized carbons (Fsp3) is 0.600. The van der Waals surface area contributed by atoms with Gasteiger partial charge in [-0.3, -0.25) is 0 Å². The van der Waals surface area contributed by atoms with Gasteiger partial charge in [-0.05, 0) is 30.2 Å². The van der Waals surface area contributed by atoms with Crippen LogP contribution in [0.4, 0.5) is 0 Å². The largest absolute Gasteiger partial charge is 0.383 e. The highest BCUT2D eigenvalue weighted by molar-refractivity contribution is 5.19. The van der Waals surface area contributed by atoms with Gasteiger partial charge in [0.2, 0.25) is 0 Å². The van der Waals surface area contributed by atoms with Gasteiger partial charge in [-0.15, -0.1) is 0 Å². The van der Waals surface area contributed by atoms with Gasteiger partial charge in [-0.2, -0.15) is 0 Å². The molecular weight excluding hydrogens is 210 g/mol. The standard InChI is InChI=1S/C15H23NO/c1-3-15(9-10-15)12-16-14(11-17-2)13-7-5-4-6-8-13/h4-8,14,16H,3,9-12H2,1-2H3. The van der Waals surface area contributed by atoms with Crippen LogP contribution in [0.2, 0.25) is 0 Å². The molecule has 1 N–H and O–H groups in total. The zero-order chi connectivity index (χ0) is 12.1. The molecule has 0 aliphatic heterocycles.